The molecule has 1 amide bonds. The van der Waals surface area contributed by atoms with Crippen LogP contribution in [0, 0.1) is 23.2 Å². The van der Waals surface area contributed by atoms with Crippen molar-refractivity contribution in [1.82, 2.24) is 4.90 Å². The van der Waals surface area contributed by atoms with Gasteiger partial charge in [-0.3, -0.25) is 4.79 Å². The van der Waals surface area contributed by atoms with Crippen LogP contribution in [0.25, 0.3) is 0 Å². The Balaban J connectivity index is 1.66. The molecule has 102 valence electrons. The summed E-state index contributed by atoms with van der Waals surface area (Å²) < 4.78 is 0. The van der Waals surface area contributed by atoms with Gasteiger partial charge in [0, 0.05) is 18.6 Å². The number of hydrogen-bond acceptors (Lipinski definition) is 2. The Labute approximate surface area is 110 Å². The standard InChI is InChI=1S/C15H26N2O/c1-14(2)11-8-17(9-12(11)14)13(18)10-6-4-5-7-15(10,3)16/h10-12H,4-9,16H2,1-3H3. The molecular weight excluding hydrogens is 224 g/mol. The van der Waals surface area contributed by atoms with Gasteiger partial charge in [-0.2, -0.15) is 0 Å². The van der Waals surface area contributed by atoms with Crippen molar-refractivity contribution in [2.45, 2.75) is 52.0 Å². The van der Waals surface area contributed by atoms with Crippen molar-refractivity contribution >= 4 is 5.91 Å². The van der Waals surface area contributed by atoms with Crippen LogP contribution in [-0.4, -0.2) is 29.4 Å². The van der Waals surface area contributed by atoms with Crippen molar-refractivity contribution in [2.75, 3.05) is 13.1 Å². The van der Waals surface area contributed by atoms with E-state index in [0.717, 1.165) is 44.2 Å². The summed E-state index contributed by atoms with van der Waals surface area (Å²) >= 11 is 0. The SMILES string of the molecule is CC1(N)CCCCC1C(=O)N1CC2C(C1)C2(C)C. The Morgan fingerprint density at radius 1 is 1.17 bits per heavy atom. The Kier molecular flexibility index (Phi) is 2.58. The molecule has 0 aromatic rings. The molecule has 3 aliphatic rings. The molecule has 0 spiro atoms. The summed E-state index contributed by atoms with van der Waals surface area (Å²) in [7, 11) is 0. The predicted molar refractivity (Wildman–Crippen MR) is 71.9 cm³/mol. The van der Waals surface area contributed by atoms with Gasteiger partial charge in [0.2, 0.25) is 5.91 Å². The molecule has 2 aliphatic carbocycles. The molecule has 1 saturated heterocycles. The molecule has 3 fully saturated rings. The van der Waals surface area contributed by atoms with Gasteiger partial charge in [-0.15, -0.1) is 0 Å². The van der Waals surface area contributed by atoms with Gasteiger partial charge in [0.1, 0.15) is 0 Å². The largest absolute Gasteiger partial charge is 0.342 e. The van der Waals surface area contributed by atoms with Gasteiger partial charge >= 0.3 is 0 Å². The lowest BCUT2D eigenvalue weighted by atomic mass is 9.74. The summed E-state index contributed by atoms with van der Waals surface area (Å²) in [6.45, 7) is 8.68. The molecular formula is C15H26N2O. The fraction of sp³-hybridized carbons (Fsp3) is 0.933. The summed E-state index contributed by atoms with van der Waals surface area (Å²) in [6, 6.07) is 0. The normalized spacial score (nSPS) is 45.8. The van der Waals surface area contributed by atoms with Crippen LogP contribution in [0.3, 0.4) is 0 Å². The lowest BCUT2D eigenvalue weighted by molar-refractivity contribution is -0.138. The number of carbonyl (C=O) groups is 1. The van der Waals surface area contributed by atoms with Crippen molar-refractivity contribution < 1.29 is 4.79 Å². The number of carbonyl (C=O) groups excluding carboxylic acids is 1. The number of hydrogen-bond donors (Lipinski definition) is 1. The number of fused-ring (bicyclic) bond motifs is 1. The van der Waals surface area contributed by atoms with Crippen LogP contribution < -0.4 is 5.73 Å². The number of piperidine rings is 1. The lowest BCUT2D eigenvalue weighted by Crippen LogP contribution is -2.53. The second kappa shape index (κ2) is 3.72. The van der Waals surface area contributed by atoms with Crippen LogP contribution in [-0.2, 0) is 4.79 Å². The Morgan fingerprint density at radius 3 is 2.33 bits per heavy atom. The lowest BCUT2D eigenvalue weighted by Gasteiger charge is -2.39. The zero-order chi connectivity index (χ0) is 13.1. The fourth-order valence-electron chi connectivity index (χ4n) is 4.30. The molecule has 1 aliphatic heterocycles. The van der Waals surface area contributed by atoms with Gasteiger partial charge in [-0.1, -0.05) is 26.7 Å². The van der Waals surface area contributed by atoms with Crippen LogP contribution in [0.2, 0.25) is 0 Å². The van der Waals surface area contributed by atoms with E-state index < -0.39 is 0 Å². The number of amides is 1. The minimum absolute atomic E-state index is 0.0619. The third kappa shape index (κ3) is 1.70. The van der Waals surface area contributed by atoms with E-state index in [1.54, 1.807) is 0 Å². The highest BCUT2D eigenvalue weighted by Crippen LogP contribution is 2.62. The van der Waals surface area contributed by atoms with E-state index in [9.17, 15) is 4.79 Å². The van der Waals surface area contributed by atoms with Gasteiger partial charge in [0.15, 0.2) is 0 Å². The average molecular weight is 250 g/mol. The van der Waals surface area contributed by atoms with E-state index >= 15 is 0 Å². The zero-order valence-electron chi connectivity index (χ0n) is 11.9. The molecule has 0 radical (unpaired) electrons. The monoisotopic (exact) mass is 250 g/mol. The molecule has 0 aromatic carbocycles. The third-order valence-electron chi connectivity index (χ3n) is 5.99. The maximum absolute atomic E-state index is 12.6. The molecule has 0 bridgehead atoms. The quantitative estimate of drug-likeness (QED) is 0.774. The van der Waals surface area contributed by atoms with Crippen LogP contribution in [0.4, 0.5) is 0 Å². The highest BCUT2D eigenvalue weighted by atomic mass is 16.2. The summed E-state index contributed by atoms with van der Waals surface area (Å²) in [5.41, 5.74) is 6.54. The van der Waals surface area contributed by atoms with E-state index in [2.05, 4.69) is 25.7 Å². The van der Waals surface area contributed by atoms with Gasteiger partial charge in [-0.25, -0.2) is 0 Å². The van der Waals surface area contributed by atoms with Crippen molar-refractivity contribution in [1.29, 1.82) is 0 Å². The summed E-state index contributed by atoms with van der Waals surface area (Å²) in [5, 5.41) is 0. The molecule has 2 saturated carbocycles. The first kappa shape index (κ1) is 12.5. The zero-order valence-corrected chi connectivity index (χ0v) is 11.9. The first-order chi connectivity index (χ1) is 8.34. The maximum atomic E-state index is 12.6. The number of rotatable bonds is 1. The maximum Gasteiger partial charge on any atom is 0.227 e. The highest BCUT2D eigenvalue weighted by molar-refractivity contribution is 5.81. The van der Waals surface area contributed by atoms with Crippen LogP contribution in [0.15, 0.2) is 0 Å². The van der Waals surface area contributed by atoms with Crippen molar-refractivity contribution in [2.24, 2.45) is 28.9 Å². The van der Waals surface area contributed by atoms with Gasteiger partial charge < -0.3 is 10.6 Å². The number of nitrogens with zero attached hydrogens (tertiary/aromatic N) is 1. The summed E-state index contributed by atoms with van der Waals surface area (Å²) in [5.74, 6) is 1.89. The van der Waals surface area contributed by atoms with Crippen LogP contribution in [0.1, 0.15) is 46.5 Å². The molecule has 1 heterocycles. The Hall–Kier alpha value is -0.570. The van der Waals surface area contributed by atoms with Crippen molar-refractivity contribution in [3.05, 3.63) is 0 Å². The van der Waals surface area contributed by atoms with E-state index in [1.807, 2.05) is 0 Å². The molecule has 4 atom stereocenters. The van der Waals surface area contributed by atoms with E-state index in [0.29, 0.717) is 11.3 Å². The molecule has 4 unspecified atom stereocenters. The number of nitrogens with two attached hydrogens (primary N) is 1. The van der Waals surface area contributed by atoms with Crippen molar-refractivity contribution in [3.8, 4) is 0 Å². The smallest absolute Gasteiger partial charge is 0.227 e. The molecule has 18 heavy (non-hydrogen) atoms. The second-order valence-electron chi connectivity index (χ2n) is 7.58. The summed E-state index contributed by atoms with van der Waals surface area (Å²) in [4.78, 5) is 14.7. The van der Waals surface area contributed by atoms with Crippen molar-refractivity contribution in [3.63, 3.8) is 0 Å². The fourth-order valence-corrected chi connectivity index (χ4v) is 4.30. The van der Waals surface area contributed by atoms with Gasteiger partial charge in [0.05, 0.1) is 5.92 Å². The van der Waals surface area contributed by atoms with Gasteiger partial charge in [0.25, 0.3) is 0 Å². The van der Waals surface area contributed by atoms with Crippen LogP contribution >= 0.6 is 0 Å². The predicted octanol–water partition coefficient (Wildman–Crippen LogP) is 2.01. The van der Waals surface area contributed by atoms with E-state index in [1.165, 1.54) is 6.42 Å². The van der Waals surface area contributed by atoms with E-state index in [4.69, 9.17) is 5.73 Å². The molecule has 3 nitrogen and oxygen atoms in total. The topological polar surface area (TPSA) is 46.3 Å². The molecule has 3 rings (SSSR count). The van der Waals surface area contributed by atoms with E-state index in [-0.39, 0.29) is 11.5 Å². The molecule has 0 aromatic heterocycles. The van der Waals surface area contributed by atoms with Crippen LogP contribution in [0.5, 0.6) is 0 Å². The minimum atomic E-state index is -0.280. The molecule has 3 heteroatoms. The minimum Gasteiger partial charge on any atom is -0.342 e. The number of likely N-dealkylation sites (tertiary alicyclic amines) is 1. The molecule has 2 N–H and O–H groups in total. The van der Waals surface area contributed by atoms with Gasteiger partial charge in [-0.05, 0) is 37.0 Å². The Bertz CT molecular complexity index is 361. The summed E-state index contributed by atoms with van der Waals surface area (Å²) in [6.07, 6.45) is 4.32. The first-order valence-corrected chi connectivity index (χ1v) is 7.42. The highest BCUT2D eigenvalue weighted by Gasteiger charge is 2.63. The average Bonchev–Trinajstić information content (AvgIpc) is 2.67. The second-order valence-corrected chi connectivity index (χ2v) is 7.58. The first-order valence-electron chi connectivity index (χ1n) is 7.42. The third-order valence-corrected chi connectivity index (χ3v) is 5.99. The Morgan fingerprint density at radius 2 is 1.78 bits per heavy atom.